The lowest BCUT2D eigenvalue weighted by atomic mass is 10.1. The number of anilines is 1. The van der Waals surface area contributed by atoms with Crippen LogP contribution >= 0.6 is 0 Å². The van der Waals surface area contributed by atoms with Crippen molar-refractivity contribution in [3.63, 3.8) is 0 Å². The van der Waals surface area contributed by atoms with Crippen molar-refractivity contribution in [2.45, 2.75) is 65.5 Å². The minimum absolute atomic E-state index is 0.728. The molecule has 0 saturated heterocycles. The number of hydrogen-bond acceptors (Lipinski definition) is 3. The zero-order valence-electron chi connectivity index (χ0n) is 13.9. The summed E-state index contributed by atoms with van der Waals surface area (Å²) in [5.74, 6) is 0.757. The summed E-state index contributed by atoms with van der Waals surface area (Å²) in [4.78, 5) is 7.00. The van der Waals surface area contributed by atoms with Gasteiger partial charge in [0, 0.05) is 42.8 Å². The first-order valence-corrected chi connectivity index (χ1v) is 8.62. The van der Waals surface area contributed by atoms with E-state index in [9.17, 15) is 0 Å². The third-order valence-corrected chi connectivity index (χ3v) is 4.47. The van der Waals surface area contributed by atoms with Gasteiger partial charge >= 0.3 is 0 Å². The molecule has 1 fully saturated rings. The molecular weight excluding hydrogens is 258 g/mol. The van der Waals surface area contributed by atoms with Gasteiger partial charge in [0.2, 0.25) is 0 Å². The second-order valence-corrected chi connectivity index (χ2v) is 6.60. The number of rotatable bonds is 8. The molecule has 0 aromatic carbocycles. The topological polar surface area (TPSA) is 28.2 Å². The van der Waals surface area contributed by atoms with E-state index in [1.54, 1.807) is 0 Å². The van der Waals surface area contributed by atoms with Crippen LogP contribution in [0.4, 0.5) is 5.69 Å². The largest absolute Gasteiger partial charge is 0.368 e. The Bertz CT molecular complexity index is 411. The second-order valence-electron chi connectivity index (χ2n) is 6.60. The molecule has 1 aromatic heterocycles. The fraction of sp³-hybridized carbons (Fsp3) is 0.722. The van der Waals surface area contributed by atoms with Crippen molar-refractivity contribution in [3.8, 4) is 0 Å². The van der Waals surface area contributed by atoms with Gasteiger partial charge in [-0.3, -0.25) is 4.98 Å². The molecule has 118 valence electrons. The summed E-state index contributed by atoms with van der Waals surface area (Å²) < 4.78 is 0. The highest BCUT2D eigenvalue weighted by Crippen LogP contribution is 2.30. The first-order chi connectivity index (χ1) is 10.2. The van der Waals surface area contributed by atoms with Crippen LogP contribution < -0.4 is 10.2 Å². The van der Waals surface area contributed by atoms with Gasteiger partial charge in [-0.25, -0.2) is 0 Å². The van der Waals surface area contributed by atoms with Gasteiger partial charge in [0.1, 0.15) is 0 Å². The molecule has 1 aromatic rings. The summed E-state index contributed by atoms with van der Waals surface area (Å²) in [6.45, 7) is 9.89. The molecule has 0 amide bonds. The van der Waals surface area contributed by atoms with Crippen LogP contribution in [0.5, 0.6) is 0 Å². The van der Waals surface area contributed by atoms with E-state index < -0.39 is 0 Å². The number of pyridine rings is 1. The molecule has 1 aliphatic rings. The molecule has 0 atom stereocenters. The van der Waals surface area contributed by atoms with Crippen LogP contribution in [0.25, 0.3) is 0 Å². The maximum Gasteiger partial charge on any atom is 0.0445 e. The van der Waals surface area contributed by atoms with Gasteiger partial charge in [0.05, 0.1) is 0 Å². The Balaban J connectivity index is 2.18. The molecule has 2 rings (SSSR count). The van der Waals surface area contributed by atoms with Crippen molar-refractivity contribution in [2.24, 2.45) is 5.92 Å². The van der Waals surface area contributed by atoms with E-state index in [1.807, 2.05) is 12.4 Å². The van der Waals surface area contributed by atoms with Gasteiger partial charge in [-0.15, -0.1) is 0 Å². The predicted octanol–water partition coefficient (Wildman–Crippen LogP) is 3.99. The van der Waals surface area contributed by atoms with Gasteiger partial charge < -0.3 is 10.2 Å². The van der Waals surface area contributed by atoms with E-state index in [4.69, 9.17) is 0 Å². The van der Waals surface area contributed by atoms with Crippen LogP contribution in [0.2, 0.25) is 0 Å². The summed E-state index contributed by atoms with van der Waals surface area (Å²) in [6.07, 6.45) is 10.7. The van der Waals surface area contributed by atoms with Crippen molar-refractivity contribution in [1.29, 1.82) is 0 Å². The Hall–Kier alpha value is -1.09. The number of aromatic nitrogens is 1. The highest BCUT2D eigenvalue weighted by atomic mass is 15.2. The van der Waals surface area contributed by atoms with Gasteiger partial charge in [-0.2, -0.15) is 0 Å². The molecule has 0 spiro atoms. The van der Waals surface area contributed by atoms with Gasteiger partial charge in [0.15, 0.2) is 0 Å². The third-order valence-electron chi connectivity index (χ3n) is 4.47. The van der Waals surface area contributed by atoms with E-state index in [0.717, 1.165) is 25.0 Å². The summed E-state index contributed by atoms with van der Waals surface area (Å²) in [5, 5.41) is 3.45. The zero-order chi connectivity index (χ0) is 15.1. The Labute approximate surface area is 130 Å². The number of nitrogens with one attached hydrogen (secondary N) is 1. The predicted molar refractivity (Wildman–Crippen MR) is 90.7 cm³/mol. The molecule has 1 N–H and O–H groups in total. The highest BCUT2D eigenvalue weighted by Gasteiger charge is 2.24. The van der Waals surface area contributed by atoms with Crippen molar-refractivity contribution < 1.29 is 0 Å². The molecule has 0 unspecified atom stereocenters. The van der Waals surface area contributed by atoms with Crippen LogP contribution in [0.3, 0.4) is 0 Å². The molecule has 1 saturated carbocycles. The van der Waals surface area contributed by atoms with Gasteiger partial charge in [0.25, 0.3) is 0 Å². The molecule has 0 aliphatic heterocycles. The molecule has 1 heterocycles. The van der Waals surface area contributed by atoms with Crippen molar-refractivity contribution in [3.05, 3.63) is 24.0 Å². The van der Waals surface area contributed by atoms with Crippen LogP contribution in [-0.2, 0) is 6.54 Å². The average molecular weight is 289 g/mol. The fourth-order valence-corrected chi connectivity index (χ4v) is 3.21. The van der Waals surface area contributed by atoms with Crippen molar-refractivity contribution >= 4 is 5.69 Å². The smallest absolute Gasteiger partial charge is 0.0445 e. The zero-order valence-corrected chi connectivity index (χ0v) is 13.9. The van der Waals surface area contributed by atoms with E-state index >= 15 is 0 Å². The lowest BCUT2D eigenvalue weighted by Gasteiger charge is -2.33. The highest BCUT2D eigenvalue weighted by molar-refractivity contribution is 5.53. The molecule has 3 nitrogen and oxygen atoms in total. The lowest BCUT2D eigenvalue weighted by molar-refractivity contribution is 0.526. The first kappa shape index (κ1) is 16.3. The third kappa shape index (κ3) is 4.70. The van der Waals surface area contributed by atoms with Gasteiger partial charge in [-0.1, -0.05) is 33.6 Å². The number of nitrogens with zero attached hydrogens (tertiary/aromatic N) is 2. The van der Waals surface area contributed by atoms with E-state index in [0.29, 0.717) is 0 Å². The van der Waals surface area contributed by atoms with Gasteiger partial charge in [-0.05, 0) is 37.8 Å². The SMILES string of the molecule is CCNCc1cnccc1N(CCC(C)C)C1CCCC1. The van der Waals surface area contributed by atoms with Crippen LogP contribution in [-0.4, -0.2) is 24.1 Å². The molecule has 0 bridgehead atoms. The fourth-order valence-electron chi connectivity index (χ4n) is 3.21. The lowest BCUT2D eigenvalue weighted by Crippen LogP contribution is -2.36. The molecular formula is C18H31N3. The summed E-state index contributed by atoms with van der Waals surface area (Å²) >= 11 is 0. The molecule has 0 radical (unpaired) electrons. The first-order valence-electron chi connectivity index (χ1n) is 8.62. The van der Waals surface area contributed by atoms with E-state index in [-0.39, 0.29) is 0 Å². The second kappa shape index (κ2) is 8.38. The number of hydrogen-bond donors (Lipinski definition) is 1. The molecule has 1 aliphatic carbocycles. The molecule has 3 heteroatoms. The monoisotopic (exact) mass is 289 g/mol. The van der Waals surface area contributed by atoms with E-state index in [2.05, 4.69) is 42.0 Å². The van der Waals surface area contributed by atoms with Crippen molar-refractivity contribution in [1.82, 2.24) is 10.3 Å². The molecule has 21 heavy (non-hydrogen) atoms. The normalized spacial score (nSPS) is 15.8. The van der Waals surface area contributed by atoms with Crippen LogP contribution in [0, 0.1) is 5.92 Å². The summed E-state index contributed by atoms with van der Waals surface area (Å²) in [5.41, 5.74) is 2.74. The van der Waals surface area contributed by atoms with Crippen LogP contribution in [0.1, 0.15) is 58.4 Å². The Morgan fingerprint density at radius 3 is 2.76 bits per heavy atom. The standard InChI is InChI=1S/C18H31N3/c1-4-19-13-16-14-20-11-9-18(16)21(12-10-15(2)3)17-7-5-6-8-17/h9,11,14-15,17,19H,4-8,10,12-13H2,1-3H3. The Morgan fingerprint density at radius 1 is 1.33 bits per heavy atom. The quantitative estimate of drug-likeness (QED) is 0.784. The van der Waals surface area contributed by atoms with E-state index in [1.165, 1.54) is 49.9 Å². The average Bonchev–Trinajstić information content (AvgIpc) is 3.00. The Kier molecular flexibility index (Phi) is 6.50. The maximum atomic E-state index is 4.34. The van der Waals surface area contributed by atoms with Crippen LogP contribution in [0.15, 0.2) is 18.5 Å². The minimum atomic E-state index is 0.728. The minimum Gasteiger partial charge on any atom is -0.368 e. The Morgan fingerprint density at radius 2 is 2.10 bits per heavy atom. The van der Waals surface area contributed by atoms with Crippen molar-refractivity contribution in [2.75, 3.05) is 18.0 Å². The summed E-state index contributed by atoms with van der Waals surface area (Å²) in [7, 11) is 0. The summed E-state index contributed by atoms with van der Waals surface area (Å²) in [6, 6.07) is 2.94. The maximum absolute atomic E-state index is 4.34.